The number of carbonyl (C=O) groups is 1. The second kappa shape index (κ2) is 4.62. The molecule has 2 aromatic heterocycles. The van der Waals surface area contributed by atoms with Crippen molar-refractivity contribution in [2.24, 2.45) is 7.05 Å². The SMILES string of the molecule is CC(=O)N1CCOC(c2nn(C)c3ncccc23)C1. The summed E-state index contributed by atoms with van der Waals surface area (Å²) in [5.41, 5.74) is 1.69. The highest BCUT2D eigenvalue weighted by molar-refractivity contribution is 5.79. The molecular weight excluding hydrogens is 244 g/mol. The summed E-state index contributed by atoms with van der Waals surface area (Å²) in [7, 11) is 1.87. The molecule has 0 aromatic carbocycles. The van der Waals surface area contributed by atoms with E-state index in [-0.39, 0.29) is 12.0 Å². The highest BCUT2D eigenvalue weighted by Crippen LogP contribution is 2.27. The lowest BCUT2D eigenvalue weighted by atomic mass is 10.1. The second-order valence-electron chi connectivity index (χ2n) is 4.71. The van der Waals surface area contributed by atoms with Gasteiger partial charge in [0, 0.05) is 32.1 Å². The van der Waals surface area contributed by atoms with Crippen LogP contribution in [0.4, 0.5) is 0 Å². The molecule has 1 aliphatic rings. The number of fused-ring (bicyclic) bond motifs is 1. The zero-order chi connectivity index (χ0) is 13.4. The Balaban J connectivity index is 1.98. The average Bonchev–Trinajstić information content (AvgIpc) is 2.77. The summed E-state index contributed by atoms with van der Waals surface area (Å²) in [5, 5.41) is 5.48. The molecule has 1 atom stereocenters. The van der Waals surface area contributed by atoms with Crippen LogP contribution in [-0.2, 0) is 16.6 Å². The molecule has 0 saturated carbocycles. The van der Waals surface area contributed by atoms with Gasteiger partial charge in [0.05, 0.1) is 13.2 Å². The van der Waals surface area contributed by atoms with Gasteiger partial charge in [-0.3, -0.25) is 9.48 Å². The number of morpholine rings is 1. The number of aromatic nitrogens is 3. The zero-order valence-corrected chi connectivity index (χ0v) is 11.0. The third-order valence-corrected chi connectivity index (χ3v) is 3.44. The first-order valence-electron chi connectivity index (χ1n) is 6.31. The monoisotopic (exact) mass is 260 g/mol. The van der Waals surface area contributed by atoms with Gasteiger partial charge in [-0.15, -0.1) is 0 Å². The van der Waals surface area contributed by atoms with Crippen molar-refractivity contribution >= 4 is 16.9 Å². The van der Waals surface area contributed by atoms with Crippen molar-refractivity contribution in [2.75, 3.05) is 19.7 Å². The quantitative estimate of drug-likeness (QED) is 0.764. The molecule has 100 valence electrons. The summed E-state index contributed by atoms with van der Waals surface area (Å²) in [6.45, 7) is 3.33. The van der Waals surface area contributed by atoms with Crippen molar-refractivity contribution in [1.82, 2.24) is 19.7 Å². The fourth-order valence-electron chi connectivity index (χ4n) is 2.46. The van der Waals surface area contributed by atoms with Crippen molar-refractivity contribution in [2.45, 2.75) is 13.0 Å². The van der Waals surface area contributed by atoms with E-state index in [9.17, 15) is 4.79 Å². The molecule has 1 unspecified atom stereocenters. The number of nitrogens with zero attached hydrogens (tertiary/aromatic N) is 4. The molecule has 0 radical (unpaired) electrons. The van der Waals surface area contributed by atoms with E-state index in [0.717, 1.165) is 16.7 Å². The predicted molar refractivity (Wildman–Crippen MR) is 69.5 cm³/mol. The minimum atomic E-state index is -0.175. The molecule has 6 heteroatoms. The second-order valence-corrected chi connectivity index (χ2v) is 4.71. The summed E-state index contributed by atoms with van der Waals surface area (Å²) in [4.78, 5) is 17.6. The van der Waals surface area contributed by atoms with E-state index in [1.54, 1.807) is 22.7 Å². The number of carbonyl (C=O) groups excluding carboxylic acids is 1. The number of pyridine rings is 1. The normalized spacial score (nSPS) is 19.9. The van der Waals surface area contributed by atoms with Crippen LogP contribution in [0.15, 0.2) is 18.3 Å². The van der Waals surface area contributed by atoms with Crippen LogP contribution in [-0.4, -0.2) is 45.3 Å². The number of hydrogen-bond donors (Lipinski definition) is 0. The third-order valence-electron chi connectivity index (χ3n) is 3.44. The van der Waals surface area contributed by atoms with Gasteiger partial charge in [0.1, 0.15) is 11.8 Å². The van der Waals surface area contributed by atoms with Crippen molar-refractivity contribution in [1.29, 1.82) is 0 Å². The fourth-order valence-corrected chi connectivity index (χ4v) is 2.46. The molecular formula is C13H16N4O2. The van der Waals surface area contributed by atoms with Crippen LogP contribution in [0, 0.1) is 0 Å². The molecule has 1 amide bonds. The Morgan fingerprint density at radius 1 is 1.53 bits per heavy atom. The Labute approximate surface area is 111 Å². The van der Waals surface area contributed by atoms with Gasteiger partial charge in [0.15, 0.2) is 5.65 Å². The molecule has 2 aromatic rings. The molecule has 3 heterocycles. The van der Waals surface area contributed by atoms with E-state index in [4.69, 9.17) is 4.74 Å². The highest BCUT2D eigenvalue weighted by atomic mass is 16.5. The van der Waals surface area contributed by atoms with Gasteiger partial charge in [-0.1, -0.05) is 0 Å². The molecule has 6 nitrogen and oxygen atoms in total. The van der Waals surface area contributed by atoms with E-state index in [0.29, 0.717) is 19.7 Å². The summed E-state index contributed by atoms with van der Waals surface area (Å²) in [6, 6.07) is 3.87. The van der Waals surface area contributed by atoms with Gasteiger partial charge in [-0.2, -0.15) is 5.10 Å². The van der Waals surface area contributed by atoms with Gasteiger partial charge in [-0.25, -0.2) is 4.98 Å². The van der Waals surface area contributed by atoms with Crippen LogP contribution in [0.5, 0.6) is 0 Å². The first-order chi connectivity index (χ1) is 9.16. The summed E-state index contributed by atoms with van der Waals surface area (Å²) >= 11 is 0. The lowest BCUT2D eigenvalue weighted by molar-refractivity contribution is -0.136. The molecule has 1 saturated heterocycles. The van der Waals surface area contributed by atoms with Crippen molar-refractivity contribution in [3.63, 3.8) is 0 Å². The van der Waals surface area contributed by atoms with E-state index in [1.807, 2.05) is 19.2 Å². The van der Waals surface area contributed by atoms with E-state index in [1.165, 1.54) is 0 Å². The van der Waals surface area contributed by atoms with Crippen LogP contribution in [0.1, 0.15) is 18.7 Å². The predicted octanol–water partition coefficient (Wildman–Crippen LogP) is 0.888. The Hall–Kier alpha value is -1.95. The standard InChI is InChI=1S/C13H16N4O2/c1-9(18)17-6-7-19-11(8-17)12-10-4-3-5-14-13(10)16(2)15-12/h3-5,11H,6-8H2,1-2H3. The number of aryl methyl sites for hydroxylation is 1. The van der Waals surface area contributed by atoms with Crippen molar-refractivity contribution < 1.29 is 9.53 Å². The summed E-state index contributed by atoms with van der Waals surface area (Å²) in [5.74, 6) is 0.0756. The van der Waals surface area contributed by atoms with Gasteiger partial charge in [0.2, 0.25) is 5.91 Å². The Bertz CT molecular complexity index is 622. The van der Waals surface area contributed by atoms with Gasteiger partial charge in [0.25, 0.3) is 0 Å². The fraction of sp³-hybridized carbons (Fsp3) is 0.462. The molecule has 0 spiro atoms. The number of hydrogen-bond acceptors (Lipinski definition) is 4. The molecule has 1 fully saturated rings. The first-order valence-corrected chi connectivity index (χ1v) is 6.31. The number of ether oxygens (including phenoxy) is 1. The third kappa shape index (κ3) is 2.08. The van der Waals surface area contributed by atoms with Crippen LogP contribution < -0.4 is 0 Å². The van der Waals surface area contributed by atoms with Gasteiger partial charge in [-0.05, 0) is 12.1 Å². The van der Waals surface area contributed by atoms with Gasteiger partial charge >= 0.3 is 0 Å². The van der Waals surface area contributed by atoms with E-state index < -0.39 is 0 Å². The molecule has 19 heavy (non-hydrogen) atoms. The lowest BCUT2D eigenvalue weighted by Crippen LogP contribution is -2.41. The largest absolute Gasteiger partial charge is 0.368 e. The molecule has 1 aliphatic heterocycles. The topological polar surface area (TPSA) is 60.3 Å². The van der Waals surface area contributed by atoms with Crippen molar-refractivity contribution in [3.05, 3.63) is 24.0 Å². The Morgan fingerprint density at radius 2 is 2.37 bits per heavy atom. The first kappa shape index (κ1) is 12.1. The maximum absolute atomic E-state index is 11.5. The molecule has 3 rings (SSSR count). The van der Waals surface area contributed by atoms with Crippen LogP contribution in [0.25, 0.3) is 11.0 Å². The summed E-state index contributed by atoms with van der Waals surface area (Å²) in [6.07, 6.45) is 1.57. The number of amides is 1. The Morgan fingerprint density at radius 3 is 3.16 bits per heavy atom. The lowest BCUT2D eigenvalue weighted by Gasteiger charge is -2.31. The maximum Gasteiger partial charge on any atom is 0.219 e. The summed E-state index contributed by atoms with van der Waals surface area (Å²) < 4.78 is 7.52. The molecule has 0 bridgehead atoms. The van der Waals surface area contributed by atoms with E-state index >= 15 is 0 Å². The van der Waals surface area contributed by atoms with Crippen LogP contribution in [0.3, 0.4) is 0 Å². The molecule has 0 N–H and O–H groups in total. The highest BCUT2D eigenvalue weighted by Gasteiger charge is 2.27. The maximum atomic E-state index is 11.5. The minimum Gasteiger partial charge on any atom is -0.368 e. The average molecular weight is 260 g/mol. The van der Waals surface area contributed by atoms with Gasteiger partial charge < -0.3 is 9.64 Å². The van der Waals surface area contributed by atoms with Crippen LogP contribution in [0.2, 0.25) is 0 Å². The van der Waals surface area contributed by atoms with Crippen LogP contribution >= 0.6 is 0 Å². The zero-order valence-electron chi connectivity index (χ0n) is 11.0. The van der Waals surface area contributed by atoms with Crippen molar-refractivity contribution in [3.8, 4) is 0 Å². The number of rotatable bonds is 1. The molecule has 0 aliphatic carbocycles. The minimum absolute atomic E-state index is 0.0756. The smallest absolute Gasteiger partial charge is 0.219 e. The van der Waals surface area contributed by atoms with E-state index in [2.05, 4.69) is 10.1 Å². The Kier molecular flexibility index (Phi) is 2.94.